The third kappa shape index (κ3) is 4.74. The minimum absolute atomic E-state index is 0.239. The van der Waals surface area contributed by atoms with Crippen LogP contribution >= 0.6 is 0 Å². The molecule has 2 fully saturated rings. The summed E-state index contributed by atoms with van der Waals surface area (Å²) >= 11 is 0. The van der Waals surface area contributed by atoms with Crippen LogP contribution in [-0.2, 0) is 9.53 Å². The zero-order valence-corrected chi connectivity index (χ0v) is 12.7. The van der Waals surface area contributed by atoms with Crippen molar-refractivity contribution in [1.82, 2.24) is 4.90 Å². The highest BCUT2D eigenvalue weighted by molar-refractivity contribution is 5.76. The molecule has 4 heteroatoms. The molecule has 4 nitrogen and oxygen atoms in total. The van der Waals surface area contributed by atoms with Crippen molar-refractivity contribution in [1.29, 1.82) is 0 Å². The predicted octanol–water partition coefficient (Wildman–Crippen LogP) is 2.49. The molecule has 0 bridgehead atoms. The Labute approximate surface area is 122 Å². The molecule has 116 valence electrons. The zero-order valence-electron chi connectivity index (χ0n) is 12.7. The summed E-state index contributed by atoms with van der Waals surface area (Å²) in [4.78, 5) is 14.4. The monoisotopic (exact) mass is 283 g/mol. The van der Waals surface area contributed by atoms with Crippen molar-refractivity contribution in [3.63, 3.8) is 0 Å². The minimum Gasteiger partial charge on any atom is -0.393 e. The maximum absolute atomic E-state index is 12.4. The van der Waals surface area contributed by atoms with E-state index in [1.54, 1.807) is 0 Å². The summed E-state index contributed by atoms with van der Waals surface area (Å²) in [7, 11) is 0. The van der Waals surface area contributed by atoms with E-state index in [1.807, 2.05) is 11.8 Å². The van der Waals surface area contributed by atoms with Gasteiger partial charge in [0.2, 0.25) is 5.91 Å². The van der Waals surface area contributed by atoms with E-state index in [9.17, 15) is 9.90 Å². The van der Waals surface area contributed by atoms with E-state index in [2.05, 4.69) is 0 Å². The molecule has 2 saturated heterocycles. The van der Waals surface area contributed by atoms with Gasteiger partial charge in [-0.05, 0) is 58.3 Å². The Morgan fingerprint density at radius 2 is 2.10 bits per heavy atom. The Balaban J connectivity index is 1.79. The van der Waals surface area contributed by atoms with Crippen LogP contribution in [0.5, 0.6) is 0 Å². The van der Waals surface area contributed by atoms with Crippen molar-refractivity contribution >= 4 is 5.91 Å². The Bertz CT molecular complexity index is 300. The van der Waals surface area contributed by atoms with Crippen LogP contribution in [0.15, 0.2) is 0 Å². The number of piperidine rings is 1. The average Bonchev–Trinajstić information content (AvgIpc) is 2.46. The van der Waals surface area contributed by atoms with Gasteiger partial charge in [0.25, 0.3) is 0 Å². The fourth-order valence-electron chi connectivity index (χ4n) is 3.43. The summed E-state index contributed by atoms with van der Waals surface area (Å²) in [5, 5.41) is 9.58. The van der Waals surface area contributed by atoms with Crippen LogP contribution in [0.25, 0.3) is 0 Å². The molecule has 3 unspecified atom stereocenters. The first-order chi connectivity index (χ1) is 9.66. The second kappa shape index (κ2) is 7.99. The highest BCUT2D eigenvalue weighted by atomic mass is 16.5. The molecule has 2 aliphatic heterocycles. The highest BCUT2D eigenvalue weighted by Gasteiger charge is 2.28. The largest absolute Gasteiger partial charge is 0.393 e. The Morgan fingerprint density at radius 1 is 1.30 bits per heavy atom. The number of carbonyl (C=O) groups excluding carboxylic acids is 1. The molecule has 0 aromatic rings. The Kier molecular flexibility index (Phi) is 6.30. The molecule has 1 N–H and O–H groups in total. The van der Waals surface area contributed by atoms with Gasteiger partial charge in [0.1, 0.15) is 0 Å². The fourth-order valence-corrected chi connectivity index (χ4v) is 3.43. The third-order valence-electron chi connectivity index (χ3n) is 4.51. The van der Waals surface area contributed by atoms with Crippen molar-refractivity contribution in [2.45, 2.75) is 83.0 Å². The topological polar surface area (TPSA) is 49.8 Å². The number of aliphatic hydroxyl groups is 1. The van der Waals surface area contributed by atoms with Crippen molar-refractivity contribution in [3.8, 4) is 0 Å². The van der Waals surface area contributed by atoms with Crippen LogP contribution in [0.2, 0.25) is 0 Å². The average molecular weight is 283 g/mol. The predicted molar refractivity (Wildman–Crippen MR) is 78.5 cm³/mol. The van der Waals surface area contributed by atoms with Crippen LogP contribution in [0.4, 0.5) is 0 Å². The van der Waals surface area contributed by atoms with Crippen LogP contribution < -0.4 is 0 Å². The smallest absolute Gasteiger partial charge is 0.222 e. The first-order valence-corrected chi connectivity index (χ1v) is 8.26. The number of ether oxygens (including phenoxy) is 1. The molecular weight excluding hydrogens is 254 g/mol. The van der Waals surface area contributed by atoms with Crippen molar-refractivity contribution in [2.24, 2.45) is 0 Å². The molecule has 2 heterocycles. The van der Waals surface area contributed by atoms with Gasteiger partial charge in [-0.3, -0.25) is 4.79 Å². The lowest BCUT2D eigenvalue weighted by Gasteiger charge is -2.37. The van der Waals surface area contributed by atoms with E-state index in [-0.39, 0.29) is 24.2 Å². The van der Waals surface area contributed by atoms with Gasteiger partial charge in [0, 0.05) is 25.6 Å². The maximum Gasteiger partial charge on any atom is 0.222 e. The van der Waals surface area contributed by atoms with Crippen LogP contribution in [0.1, 0.15) is 64.7 Å². The summed E-state index contributed by atoms with van der Waals surface area (Å²) in [5.41, 5.74) is 0. The summed E-state index contributed by atoms with van der Waals surface area (Å²) in [5.74, 6) is 0.254. The first kappa shape index (κ1) is 15.8. The lowest BCUT2D eigenvalue weighted by molar-refractivity contribution is -0.136. The van der Waals surface area contributed by atoms with Gasteiger partial charge in [-0.15, -0.1) is 0 Å². The standard InChI is InChI=1S/C16H29NO3/c1-13(18)12-14-6-2-4-10-17(14)16(19)9-8-15-7-3-5-11-20-15/h13-15,18H,2-12H2,1H3. The molecule has 0 saturated carbocycles. The van der Waals surface area contributed by atoms with E-state index in [0.29, 0.717) is 12.8 Å². The number of hydrogen-bond donors (Lipinski definition) is 1. The van der Waals surface area contributed by atoms with Gasteiger partial charge in [-0.2, -0.15) is 0 Å². The molecule has 2 aliphatic rings. The van der Waals surface area contributed by atoms with Gasteiger partial charge in [0.05, 0.1) is 12.2 Å². The van der Waals surface area contributed by atoms with E-state index in [4.69, 9.17) is 4.74 Å². The first-order valence-electron chi connectivity index (χ1n) is 8.26. The Morgan fingerprint density at radius 3 is 2.80 bits per heavy atom. The summed E-state index contributed by atoms with van der Waals surface area (Å²) in [6, 6.07) is 0.239. The fraction of sp³-hybridized carbons (Fsp3) is 0.938. The SMILES string of the molecule is CC(O)CC1CCCCN1C(=O)CCC1CCCCO1. The van der Waals surface area contributed by atoms with Crippen LogP contribution in [-0.4, -0.2) is 47.3 Å². The van der Waals surface area contributed by atoms with Crippen molar-refractivity contribution in [3.05, 3.63) is 0 Å². The quantitative estimate of drug-likeness (QED) is 0.843. The maximum atomic E-state index is 12.4. The van der Waals surface area contributed by atoms with E-state index in [1.165, 1.54) is 12.8 Å². The molecular formula is C16H29NO3. The van der Waals surface area contributed by atoms with Gasteiger partial charge >= 0.3 is 0 Å². The summed E-state index contributed by atoms with van der Waals surface area (Å²) in [6.07, 6.45) is 8.93. The molecule has 3 atom stereocenters. The molecule has 0 aromatic carbocycles. The van der Waals surface area contributed by atoms with Crippen molar-refractivity contribution < 1.29 is 14.6 Å². The van der Waals surface area contributed by atoms with E-state index in [0.717, 1.165) is 45.3 Å². The molecule has 0 spiro atoms. The number of carbonyl (C=O) groups is 1. The second-order valence-electron chi connectivity index (χ2n) is 6.35. The number of likely N-dealkylation sites (tertiary alicyclic amines) is 1. The number of amides is 1. The number of nitrogens with zero attached hydrogens (tertiary/aromatic N) is 1. The van der Waals surface area contributed by atoms with Gasteiger partial charge in [-0.25, -0.2) is 0 Å². The second-order valence-corrected chi connectivity index (χ2v) is 6.35. The zero-order chi connectivity index (χ0) is 14.4. The number of aliphatic hydroxyl groups excluding tert-OH is 1. The van der Waals surface area contributed by atoms with Crippen LogP contribution in [0, 0.1) is 0 Å². The highest BCUT2D eigenvalue weighted by Crippen LogP contribution is 2.23. The molecule has 0 radical (unpaired) electrons. The Hall–Kier alpha value is -0.610. The van der Waals surface area contributed by atoms with Crippen molar-refractivity contribution in [2.75, 3.05) is 13.2 Å². The lowest BCUT2D eigenvalue weighted by atomic mass is 9.96. The molecule has 0 aliphatic carbocycles. The molecule has 20 heavy (non-hydrogen) atoms. The van der Waals surface area contributed by atoms with E-state index < -0.39 is 0 Å². The van der Waals surface area contributed by atoms with Crippen LogP contribution in [0.3, 0.4) is 0 Å². The van der Waals surface area contributed by atoms with Gasteiger partial charge in [-0.1, -0.05) is 0 Å². The molecule has 1 amide bonds. The summed E-state index contributed by atoms with van der Waals surface area (Å²) in [6.45, 7) is 3.53. The minimum atomic E-state index is -0.324. The third-order valence-corrected chi connectivity index (χ3v) is 4.51. The molecule has 2 rings (SSSR count). The normalized spacial score (nSPS) is 29.2. The van der Waals surface area contributed by atoms with E-state index >= 15 is 0 Å². The number of rotatable bonds is 5. The molecule has 0 aromatic heterocycles. The number of hydrogen-bond acceptors (Lipinski definition) is 3. The summed E-state index contributed by atoms with van der Waals surface area (Å²) < 4.78 is 5.70. The van der Waals surface area contributed by atoms with Gasteiger partial charge in [0.15, 0.2) is 0 Å². The lowest BCUT2D eigenvalue weighted by Crippen LogP contribution is -2.45. The van der Waals surface area contributed by atoms with Gasteiger partial charge < -0.3 is 14.7 Å².